The largest absolute Gasteiger partial charge is 0.390 e. The van der Waals surface area contributed by atoms with Crippen LogP contribution in [0.1, 0.15) is 77.5 Å². The summed E-state index contributed by atoms with van der Waals surface area (Å²) in [5.74, 6) is -1.07. The molecular formula is C35H55N7O7S. The first-order valence-corrected chi connectivity index (χ1v) is 19.1. The molecule has 2 aliphatic rings. The number of nitrogens with zero attached hydrogens (tertiary/aromatic N) is 3. The SMILES string of the molecule is CC(=O)N([C@@H](Cc1ccccc1)C(=O)N[C@@H](Cc1cnc[nH]1)C(=O)N[C@@H](CC1CCCCC1)[C@@H](O)CNS(=O)(=O)N1CCOCC1)C(C)(C)C. The topological polar surface area (TPSA) is 186 Å². The summed E-state index contributed by atoms with van der Waals surface area (Å²) in [6.45, 7) is 7.72. The van der Waals surface area contributed by atoms with Gasteiger partial charge in [-0.15, -0.1) is 0 Å². The van der Waals surface area contributed by atoms with Gasteiger partial charge in [-0.05, 0) is 38.7 Å². The van der Waals surface area contributed by atoms with Gasteiger partial charge in [-0.3, -0.25) is 14.4 Å². The smallest absolute Gasteiger partial charge is 0.279 e. The number of aliphatic hydroxyl groups excluding tert-OH is 1. The number of imidazole rings is 1. The minimum Gasteiger partial charge on any atom is -0.390 e. The second-order valence-corrected chi connectivity index (χ2v) is 16.1. The van der Waals surface area contributed by atoms with Crippen molar-refractivity contribution in [3.05, 3.63) is 54.1 Å². The van der Waals surface area contributed by atoms with Gasteiger partial charge in [0.05, 0.1) is 31.7 Å². The minimum absolute atomic E-state index is 0.0706. The van der Waals surface area contributed by atoms with Gasteiger partial charge in [0.1, 0.15) is 12.1 Å². The monoisotopic (exact) mass is 717 g/mol. The van der Waals surface area contributed by atoms with Crippen molar-refractivity contribution in [2.45, 2.75) is 109 Å². The van der Waals surface area contributed by atoms with E-state index >= 15 is 0 Å². The first-order valence-electron chi connectivity index (χ1n) is 17.7. The van der Waals surface area contributed by atoms with Crippen LogP contribution in [0.5, 0.6) is 0 Å². The van der Waals surface area contributed by atoms with Crippen molar-refractivity contribution in [3.63, 3.8) is 0 Å². The zero-order valence-corrected chi connectivity index (χ0v) is 30.6. The molecule has 15 heteroatoms. The molecule has 14 nitrogen and oxygen atoms in total. The van der Waals surface area contributed by atoms with Crippen LogP contribution in [0, 0.1) is 5.92 Å². The van der Waals surface area contributed by atoms with Crippen LogP contribution in [-0.2, 0) is 42.2 Å². The number of benzene rings is 1. The molecule has 1 aromatic carbocycles. The number of morpholine rings is 1. The van der Waals surface area contributed by atoms with Crippen molar-refractivity contribution in [3.8, 4) is 0 Å². The molecule has 1 aliphatic heterocycles. The molecule has 0 bridgehead atoms. The third kappa shape index (κ3) is 11.6. The predicted molar refractivity (Wildman–Crippen MR) is 189 cm³/mol. The van der Waals surface area contributed by atoms with Crippen LogP contribution < -0.4 is 15.4 Å². The van der Waals surface area contributed by atoms with Crippen molar-refractivity contribution >= 4 is 27.9 Å². The van der Waals surface area contributed by atoms with Crippen molar-refractivity contribution < 1.29 is 32.6 Å². The average Bonchev–Trinajstić information content (AvgIpc) is 3.60. The Balaban J connectivity index is 1.57. The molecule has 1 saturated heterocycles. The van der Waals surface area contributed by atoms with Crippen molar-refractivity contribution in [1.29, 1.82) is 0 Å². The molecule has 4 rings (SSSR count). The molecule has 4 atom stereocenters. The van der Waals surface area contributed by atoms with Gasteiger partial charge in [-0.1, -0.05) is 62.4 Å². The van der Waals surface area contributed by atoms with E-state index in [1.165, 1.54) is 22.5 Å². The Labute approximate surface area is 296 Å². The van der Waals surface area contributed by atoms with Crippen LogP contribution in [0.4, 0.5) is 0 Å². The number of carbonyl (C=O) groups excluding carboxylic acids is 3. The highest BCUT2D eigenvalue weighted by Crippen LogP contribution is 2.28. The van der Waals surface area contributed by atoms with Crippen molar-refractivity contribution in [2.75, 3.05) is 32.8 Å². The second-order valence-electron chi connectivity index (χ2n) is 14.4. The molecule has 2 fully saturated rings. The van der Waals surface area contributed by atoms with Crippen molar-refractivity contribution in [1.82, 2.24) is 34.5 Å². The van der Waals surface area contributed by atoms with E-state index in [2.05, 4.69) is 25.3 Å². The third-order valence-electron chi connectivity index (χ3n) is 9.45. The Morgan fingerprint density at radius 3 is 2.32 bits per heavy atom. The number of hydrogen-bond acceptors (Lipinski definition) is 8. The van der Waals surface area contributed by atoms with Crippen LogP contribution in [0.25, 0.3) is 0 Å². The summed E-state index contributed by atoms with van der Waals surface area (Å²) in [6.07, 6.45) is 7.69. The lowest BCUT2D eigenvalue weighted by Gasteiger charge is -2.41. The average molecular weight is 718 g/mol. The van der Waals surface area contributed by atoms with Gasteiger partial charge in [-0.25, -0.2) is 4.98 Å². The summed E-state index contributed by atoms with van der Waals surface area (Å²) < 4.78 is 35.0. The van der Waals surface area contributed by atoms with E-state index in [1.54, 1.807) is 6.20 Å². The van der Waals surface area contributed by atoms with Crippen LogP contribution >= 0.6 is 0 Å². The lowest BCUT2D eigenvalue weighted by molar-refractivity contribution is -0.145. The van der Waals surface area contributed by atoms with Gasteiger partial charge in [0.25, 0.3) is 10.2 Å². The zero-order valence-electron chi connectivity index (χ0n) is 29.8. The fourth-order valence-corrected chi connectivity index (χ4v) is 8.17. The standard InChI is InChI=1S/C35H55N7O7S/c1-25(43)42(35(2,3)4)31(20-27-13-9-6-10-14-27)34(46)40-30(21-28-22-36-24-37-28)33(45)39-29(19-26-11-7-5-8-12-26)32(44)23-38-50(47,48)41-15-17-49-18-16-41/h6,9-10,13-14,22,24,26,29-32,38,44H,5,7-8,11-12,15-21,23H2,1-4H3,(H,36,37)(H,39,45)(H,40,46)/t29-,30-,31-,32-/m0/s1. The Kier molecular flexibility index (Phi) is 14.4. The fourth-order valence-electron chi connectivity index (χ4n) is 6.98. The highest BCUT2D eigenvalue weighted by atomic mass is 32.2. The maximum atomic E-state index is 14.2. The predicted octanol–water partition coefficient (Wildman–Crippen LogP) is 1.68. The number of nitrogens with one attached hydrogen (secondary N) is 4. The molecule has 0 radical (unpaired) electrons. The second kappa shape index (κ2) is 18.2. The lowest BCUT2D eigenvalue weighted by Crippen LogP contribution is -2.61. The lowest BCUT2D eigenvalue weighted by atomic mass is 9.83. The highest BCUT2D eigenvalue weighted by molar-refractivity contribution is 7.87. The third-order valence-corrected chi connectivity index (χ3v) is 11.0. The Bertz CT molecular complexity index is 1470. The summed E-state index contributed by atoms with van der Waals surface area (Å²) in [7, 11) is -3.87. The highest BCUT2D eigenvalue weighted by Gasteiger charge is 2.38. The normalized spacial score (nSPS) is 18.8. The molecule has 1 saturated carbocycles. The molecule has 2 heterocycles. The Hall–Kier alpha value is -3.37. The summed E-state index contributed by atoms with van der Waals surface area (Å²) in [4.78, 5) is 50.0. The molecule has 0 unspecified atom stereocenters. The van der Waals surface area contributed by atoms with Crippen LogP contribution in [0.15, 0.2) is 42.9 Å². The minimum atomic E-state index is -3.87. The van der Waals surface area contributed by atoms with E-state index in [0.29, 0.717) is 25.3 Å². The maximum absolute atomic E-state index is 14.2. The van der Waals surface area contributed by atoms with Gasteiger partial charge in [0, 0.05) is 56.8 Å². The number of carbonyl (C=O) groups is 3. The Morgan fingerprint density at radius 1 is 1.04 bits per heavy atom. The van der Waals surface area contributed by atoms with E-state index in [0.717, 1.165) is 37.7 Å². The summed E-state index contributed by atoms with van der Waals surface area (Å²) in [5, 5.41) is 17.3. The molecule has 1 aliphatic carbocycles. The number of hydrogen-bond donors (Lipinski definition) is 5. The molecule has 50 heavy (non-hydrogen) atoms. The number of rotatable bonds is 16. The molecular weight excluding hydrogens is 662 g/mol. The number of amides is 3. The summed E-state index contributed by atoms with van der Waals surface area (Å²) in [5.41, 5.74) is 0.757. The molecule has 3 amide bonds. The van der Waals surface area contributed by atoms with Crippen LogP contribution in [-0.4, -0.2) is 113 Å². The van der Waals surface area contributed by atoms with Gasteiger partial charge in [0.2, 0.25) is 17.7 Å². The first kappa shape index (κ1) is 39.4. The summed E-state index contributed by atoms with van der Waals surface area (Å²) >= 11 is 0. The van der Waals surface area contributed by atoms with Gasteiger partial charge >= 0.3 is 0 Å². The van der Waals surface area contributed by atoms with Crippen molar-refractivity contribution in [2.24, 2.45) is 5.92 Å². The van der Waals surface area contributed by atoms with Crippen LogP contribution in [0.2, 0.25) is 0 Å². The van der Waals surface area contributed by atoms with E-state index in [9.17, 15) is 27.9 Å². The number of ether oxygens (including phenoxy) is 1. The maximum Gasteiger partial charge on any atom is 0.279 e. The van der Waals surface area contributed by atoms with E-state index in [4.69, 9.17) is 4.74 Å². The Morgan fingerprint density at radius 2 is 1.72 bits per heavy atom. The number of H-pyrrole nitrogens is 1. The molecule has 0 spiro atoms. The van der Waals surface area contributed by atoms with E-state index in [-0.39, 0.29) is 44.3 Å². The van der Waals surface area contributed by atoms with Crippen LogP contribution in [0.3, 0.4) is 0 Å². The molecule has 278 valence electrons. The van der Waals surface area contributed by atoms with E-state index < -0.39 is 51.8 Å². The zero-order chi connectivity index (χ0) is 36.3. The molecule has 1 aromatic heterocycles. The van der Waals surface area contributed by atoms with E-state index in [1.807, 2.05) is 51.1 Å². The molecule has 5 N–H and O–H groups in total. The van der Waals surface area contributed by atoms with Gasteiger partial charge in [-0.2, -0.15) is 17.4 Å². The van der Waals surface area contributed by atoms with Gasteiger partial charge in [0.15, 0.2) is 0 Å². The number of aromatic nitrogens is 2. The number of aliphatic hydroxyl groups is 1. The van der Waals surface area contributed by atoms with Gasteiger partial charge < -0.3 is 30.4 Å². The quantitative estimate of drug-likeness (QED) is 0.174. The fraction of sp³-hybridized carbons (Fsp3) is 0.657. The summed E-state index contributed by atoms with van der Waals surface area (Å²) in [6, 6.07) is 6.58. The number of aromatic amines is 1. The molecule has 2 aromatic rings. The first-order chi connectivity index (χ1) is 23.7.